The number of carbonyl (C=O) groups excluding carboxylic acids is 1. The molecular weight excluding hydrogens is 328 g/mol. The average Bonchev–Trinajstić information content (AvgIpc) is 3.07. The van der Waals surface area contributed by atoms with Crippen molar-refractivity contribution in [1.82, 2.24) is 10.0 Å². The highest BCUT2D eigenvalue weighted by molar-refractivity contribution is 7.89. The van der Waals surface area contributed by atoms with Crippen LogP contribution in [0.25, 0.3) is 0 Å². The fourth-order valence-corrected chi connectivity index (χ4v) is 4.73. The largest absolute Gasteiger partial charge is 0.349 e. The van der Waals surface area contributed by atoms with Gasteiger partial charge in [-0.2, -0.15) is 0 Å². The van der Waals surface area contributed by atoms with E-state index >= 15 is 0 Å². The summed E-state index contributed by atoms with van der Waals surface area (Å²) in [5.41, 5.74) is 0. The predicted octanol–water partition coefficient (Wildman–Crippen LogP) is 2.43. The van der Waals surface area contributed by atoms with Gasteiger partial charge in [0, 0.05) is 17.5 Å². The maximum absolute atomic E-state index is 12.3. The van der Waals surface area contributed by atoms with Gasteiger partial charge >= 0.3 is 0 Å². The van der Waals surface area contributed by atoms with Crippen LogP contribution in [0.4, 0.5) is 0 Å². The van der Waals surface area contributed by atoms with E-state index < -0.39 is 10.0 Å². The molecule has 0 aliphatic rings. The first kappa shape index (κ1) is 16.2. The van der Waals surface area contributed by atoms with Gasteiger partial charge in [-0.1, -0.05) is 6.07 Å². The predicted molar refractivity (Wildman–Crippen MR) is 85.3 cm³/mol. The second-order valence-corrected chi connectivity index (χ2v) is 8.33. The van der Waals surface area contributed by atoms with Crippen molar-refractivity contribution >= 4 is 38.6 Å². The van der Waals surface area contributed by atoms with E-state index in [9.17, 15) is 13.2 Å². The number of rotatable bonds is 6. The molecule has 0 fully saturated rings. The molecule has 0 unspecified atom stereocenters. The maximum Gasteiger partial charge on any atom is 0.262 e. The second kappa shape index (κ2) is 6.69. The molecule has 5 nitrogen and oxygen atoms in total. The zero-order chi connectivity index (χ0) is 15.5. The Balaban J connectivity index is 2.17. The monoisotopic (exact) mass is 344 g/mol. The van der Waals surface area contributed by atoms with Gasteiger partial charge in [-0.05, 0) is 36.7 Å². The van der Waals surface area contributed by atoms with E-state index in [1.165, 1.54) is 17.4 Å². The van der Waals surface area contributed by atoms with Crippen LogP contribution < -0.4 is 10.0 Å². The molecule has 2 aromatic heterocycles. The fourth-order valence-electron chi connectivity index (χ4n) is 1.66. The van der Waals surface area contributed by atoms with Crippen LogP contribution in [-0.4, -0.2) is 20.4 Å². The Morgan fingerprint density at radius 2 is 2.00 bits per heavy atom. The molecule has 2 heterocycles. The minimum atomic E-state index is -3.70. The van der Waals surface area contributed by atoms with E-state index in [1.807, 2.05) is 31.4 Å². The van der Waals surface area contributed by atoms with Crippen LogP contribution in [0.15, 0.2) is 33.9 Å². The van der Waals surface area contributed by atoms with E-state index in [1.54, 1.807) is 5.38 Å². The van der Waals surface area contributed by atoms with Gasteiger partial charge in [0.05, 0.1) is 0 Å². The SMILES string of the molecule is CC(C)NC(=O)c1sccc1S(=O)(=O)NCc1cccs1. The van der Waals surface area contributed by atoms with Gasteiger partial charge in [0.2, 0.25) is 10.0 Å². The Kier molecular flexibility index (Phi) is 5.15. The molecule has 114 valence electrons. The summed E-state index contributed by atoms with van der Waals surface area (Å²) < 4.78 is 27.2. The topological polar surface area (TPSA) is 75.3 Å². The van der Waals surface area contributed by atoms with Gasteiger partial charge in [0.15, 0.2) is 0 Å². The van der Waals surface area contributed by atoms with Crippen molar-refractivity contribution in [3.8, 4) is 0 Å². The molecular formula is C13H16N2O3S3. The molecule has 0 bridgehead atoms. The highest BCUT2D eigenvalue weighted by Crippen LogP contribution is 2.22. The smallest absolute Gasteiger partial charge is 0.262 e. The molecule has 0 aliphatic carbocycles. The normalized spacial score (nSPS) is 11.8. The summed E-state index contributed by atoms with van der Waals surface area (Å²) in [4.78, 5) is 13.2. The van der Waals surface area contributed by atoms with Crippen LogP contribution in [-0.2, 0) is 16.6 Å². The molecule has 0 spiro atoms. The summed E-state index contributed by atoms with van der Waals surface area (Å²) in [5, 5.41) is 6.20. The standard InChI is InChI=1S/C13H16N2O3S3/c1-9(2)15-13(16)12-11(5-7-20-12)21(17,18)14-8-10-4-3-6-19-10/h3-7,9,14H,8H2,1-2H3,(H,15,16). The van der Waals surface area contributed by atoms with Gasteiger partial charge in [0.1, 0.15) is 9.77 Å². The van der Waals surface area contributed by atoms with Gasteiger partial charge in [-0.3, -0.25) is 4.79 Å². The highest BCUT2D eigenvalue weighted by atomic mass is 32.2. The van der Waals surface area contributed by atoms with Crippen LogP contribution in [0, 0.1) is 0 Å². The molecule has 2 rings (SSSR count). The molecule has 0 saturated heterocycles. The third kappa shape index (κ3) is 4.13. The lowest BCUT2D eigenvalue weighted by atomic mass is 10.3. The van der Waals surface area contributed by atoms with Crippen LogP contribution in [0.1, 0.15) is 28.4 Å². The number of hydrogen-bond acceptors (Lipinski definition) is 5. The second-order valence-electron chi connectivity index (χ2n) is 4.65. The molecule has 2 N–H and O–H groups in total. The average molecular weight is 344 g/mol. The summed E-state index contributed by atoms with van der Waals surface area (Å²) in [6, 6.07) is 5.12. The Bertz CT molecular complexity index is 703. The van der Waals surface area contributed by atoms with Crippen molar-refractivity contribution in [2.75, 3.05) is 0 Å². The van der Waals surface area contributed by atoms with E-state index in [4.69, 9.17) is 0 Å². The molecule has 0 atom stereocenters. The van der Waals surface area contributed by atoms with Gasteiger partial charge in [0.25, 0.3) is 5.91 Å². The van der Waals surface area contributed by atoms with Crippen LogP contribution in [0.3, 0.4) is 0 Å². The first-order valence-corrected chi connectivity index (χ1v) is 9.55. The van der Waals surface area contributed by atoms with Crippen molar-refractivity contribution in [2.45, 2.75) is 31.3 Å². The third-order valence-electron chi connectivity index (χ3n) is 2.56. The van der Waals surface area contributed by atoms with Crippen LogP contribution >= 0.6 is 22.7 Å². The van der Waals surface area contributed by atoms with Crippen molar-refractivity contribution in [3.63, 3.8) is 0 Å². The van der Waals surface area contributed by atoms with E-state index in [0.29, 0.717) is 0 Å². The lowest BCUT2D eigenvalue weighted by molar-refractivity contribution is 0.0944. The van der Waals surface area contributed by atoms with Gasteiger partial charge in [-0.15, -0.1) is 22.7 Å². The molecule has 0 aliphatic heterocycles. The number of carbonyl (C=O) groups is 1. The van der Waals surface area contributed by atoms with Crippen molar-refractivity contribution in [2.24, 2.45) is 0 Å². The lowest BCUT2D eigenvalue weighted by Gasteiger charge is -2.09. The van der Waals surface area contributed by atoms with Gasteiger partial charge in [-0.25, -0.2) is 13.1 Å². The Hall–Kier alpha value is -1.22. The molecule has 0 radical (unpaired) electrons. The van der Waals surface area contributed by atoms with Gasteiger partial charge < -0.3 is 5.32 Å². The number of sulfonamides is 1. The molecule has 1 amide bonds. The molecule has 21 heavy (non-hydrogen) atoms. The van der Waals surface area contributed by atoms with Crippen LogP contribution in [0.2, 0.25) is 0 Å². The molecule has 0 aromatic carbocycles. The third-order valence-corrected chi connectivity index (χ3v) is 5.92. The number of amides is 1. The Morgan fingerprint density at radius 1 is 1.24 bits per heavy atom. The van der Waals surface area contributed by atoms with E-state index in [2.05, 4.69) is 10.0 Å². The quantitative estimate of drug-likeness (QED) is 0.845. The summed E-state index contributed by atoms with van der Waals surface area (Å²) >= 11 is 2.60. The minimum Gasteiger partial charge on any atom is -0.349 e. The fraction of sp³-hybridized carbons (Fsp3) is 0.308. The number of thiophene rings is 2. The molecule has 8 heteroatoms. The molecule has 2 aromatic rings. The Labute approximate surface area is 132 Å². The number of nitrogens with one attached hydrogen (secondary N) is 2. The highest BCUT2D eigenvalue weighted by Gasteiger charge is 2.24. The van der Waals surface area contributed by atoms with E-state index in [-0.39, 0.29) is 28.3 Å². The zero-order valence-corrected chi connectivity index (χ0v) is 14.1. The molecule has 0 saturated carbocycles. The summed E-state index contributed by atoms with van der Waals surface area (Å²) in [6.45, 7) is 3.88. The first-order chi connectivity index (χ1) is 9.90. The van der Waals surface area contributed by atoms with Crippen molar-refractivity contribution in [1.29, 1.82) is 0 Å². The summed E-state index contributed by atoms with van der Waals surface area (Å²) in [6.07, 6.45) is 0. The maximum atomic E-state index is 12.3. The van der Waals surface area contributed by atoms with Crippen molar-refractivity contribution in [3.05, 3.63) is 38.7 Å². The zero-order valence-electron chi connectivity index (χ0n) is 11.6. The number of hydrogen-bond donors (Lipinski definition) is 2. The minimum absolute atomic E-state index is 0.0298. The lowest BCUT2D eigenvalue weighted by Crippen LogP contribution is -2.31. The summed E-state index contributed by atoms with van der Waals surface area (Å²) in [7, 11) is -3.70. The Morgan fingerprint density at radius 3 is 2.62 bits per heavy atom. The van der Waals surface area contributed by atoms with Crippen molar-refractivity contribution < 1.29 is 13.2 Å². The summed E-state index contributed by atoms with van der Waals surface area (Å²) in [5.74, 6) is -0.364. The first-order valence-electron chi connectivity index (χ1n) is 6.30. The van der Waals surface area contributed by atoms with Crippen LogP contribution in [0.5, 0.6) is 0 Å². The van der Waals surface area contributed by atoms with E-state index in [0.717, 1.165) is 16.2 Å².